The monoisotopic (exact) mass is 316 g/mol. The van der Waals surface area contributed by atoms with Crippen molar-refractivity contribution in [3.63, 3.8) is 0 Å². The van der Waals surface area contributed by atoms with Gasteiger partial charge in [-0.1, -0.05) is 13.3 Å². The minimum absolute atomic E-state index is 0.0383. The molecular weight excluding hydrogens is 292 g/mol. The average molecular weight is 316 g/mol. The number of nitrogens with one attached hydrogen (secondary N) is 2. The van der Waals surface area contributed by atoms with Gasteiger partial charge in [-0.05, 0) is 31.4 Å². The first-order valence-electron chi connectivity index (χ1n) is 7.51. The third-order valence-corrected chi connectivity index (χ3v) is 4.56. The van der Waals surface area contributed by atoms with Gasteiger partial charge in [0.1, 0.15) is 5.76 Å². The lowest BCUT2D eigenvalue weighted by molar-refractivity contribution is 0.136. The molecule has 0 radical (unpaired) electrons. The van der Waals surface area contributed by atoms with E-state index >= 15 is 0 Å². The molecule has 0 saturated heterocycles. The molecular formula is C14H24N2O4S. The Morgan fingerprint density at radius 2 is 2.14 bits per heavy atom. The van der Waals surface area contributed by atoms with E-state index in [9.17, 15) is 8.42 Å². The van der Waals surface area contributed by atoms with E-state index in [-0.39, 0.29) is 11.6 Å². The molecule has 0 spiro atoms. The van der Waals surface area contributed by atoms with E-state index in [0.29, 0.717) is 31.6 Å². The first kappa shape index (κ1) is 16.5. The lowest BCUT2D eigenvalue weighted by Crippen LogP contribution is -2.27. The summed E-state index contributed by atoms with van der Waals surface area (Å²) in [4.78, 5) is 0. The quantitative estimate of drug-likeness (QED) is 0.607. The Labute approximate surface area is 126 Å². The molecule has 21 heavy (non-hydrogen) atoms. The highest BCUT2D eigenvalue weighted by Gasteiger charge is 2.22. The van der Waals surface area contributed by atoms with Crippen LogP contribution in [0.2, 0.25) is 0 Å². The van der Waals surface area contributed by atoms with Crippen LogP contribution in [0.1, 0.15) is 38.4 Å². The summed E-state index contributed by atoms with van der Waals surface area (Å²) >= 11 is 0. The van der Waals surface area contributed by atoms with E-state index < -0.39 is 10.0 Å². The first-order chi connectivity index (χ1) is 10.1. The lowest BCUT2D eigenvalue weighted by atomic mass is 10.4. The zero-order valence-corrected chi connectivity index (χ0v) is 13.2. The van der Waals surface area contributed by atoms with Gasteiger partial charge in [-0.3, -0.25) is 0 Å². The topological polar surface area (TPSA) is 80.6 Å². The third kappa shape index (κ3) is 5.78. The Hall–Kier alpha value is -0.890. The Morgan fingerprint density at radius 1 is 1.33 bits per heavy atom. The van der Waals surface area contributed by atoms with Gasteiger partial charge < -0.3 is 14.5 Å². The van der Waals surface area contributed by atoms with Gasteiger partial charge >= 0.3 is 0 Å². The molecule has 6 nitrogen and oxygen atoms in total. The summed E-state index contributed by atoms with van der Waals surface area (Å²) < 4.78 is 37.2. The van der Waals surface area contributed by atoms with Gasteiger partial charge in [-0.25, -0.2) is 13.1 Å². The minimum atomic E-state index is -3.58. The van der Waals surface area contributed by atoms with Crippen LogP contribution >= 0.6 is 0 Å². The molecule has 1 aromatic heterocycles. The fraction of sp³-hybridized carbons (Fsp3) is 0.714. The molecule has 1 saturated carbocycles. The molecule has 1 fully saturated rings. The van der Waals surface area contributed by atoms with E-state index in [2.05, 4.69) is 17.0 Å². The summed E-state index contributed by atoms with van der Waals surface area (Å²) in [6, 6.07) is 3.75. The molecule has 7 heteroatoms. The number of hydrogen-bond acceptors (Lipinski definition) is 5. The van der Waals surface area contributed by atoms with Crippen molar-refractivity contribution in [1.29, 1.82) is 0 Å². The molecule has 2 N–H and O–H groups in total. The number of rotatable bonds is 11. The van der Waals surface area contributed by atoms with Gasteiger partial charge in [0, 0.05) is 19.2 Å². The smallest absolute Gasteiger partial charge is 0.274 e. The fourth-order valence-electron chi connectivity index (χ4n) is 1.80. The minimum Gasteiger partial charge on any atom is -0.447 e. The Morgan fingerprint density at radius 3 is 2.86 bits per heavy atom. The summed E-state index contributed by atoms with van der Waals surface area (Å²) in [6.45, 7) is 3.94. The highest BCUT2D eigenvalue weighted by Crippen LogP contribution is 2.20. The second kappa shape index (κ2) is 7.93. The SMILES string of the molecule is CCCCOCCNS(=O)(=O)c1ccc(CNC2CC2)o1. The molecule has 1 heterocycles. The molecule has 0 amide bonds. The predicted molar refractivity (Wildman–Crippen MR) is 79.5 cm³/mol. The molecule has 0 bridgehead atoms. The molecule has 0 atom stereocenters. The molecule has 2 rings (SSSR count). The van der Waals surface area contributed by atoms with E-state index in [1.165, 1.54) is 18.9 Å². The lowest BCUT2D eigenvalue weighted by Gasteiger charge is -2.05. The Bertz CT molecular complexity index is 523. The van der Waals surface area contributed by atoms with Crippen LogP contribution in [0.15, 0.2) is 21.6 Å². The number of sulfonamides is 1. The van der Waals surface area contributed by atoms with Crippen LogP contribution in [0.25, 0.3) is 0 Å². The molecule has 1 aliphatic carbocycles. The van der Waals surface area contributed by atoms with Gasteiger partial charge in [-0.15, -0.1) is 0 Å². The van der Waals surface area contributed by atoms with Crippen LogP contribution < -0.4 is 10.0 Å². The van der Waals surface area contributed by atoms with Crippen molar-refractivity contribution in [2.75, 3.05) is 19.8 Å². The van der Waals surface area contributed by atoms with Crippen LogP contribution in [-0.2, 0) is 21.3 Å². The van der Waals surface area contributed by atoms with Gasteiger partial charge in [-0.2, -0.15) is 0 Å². The predicted octanol–water partition coefficient (Wildman–Crippen LogP) is 1.63. The maximum atomic E-state index is 12.0. The van der Waals surface area contributed by atoms with Crippen molar-refractivity contribution in [1.82, 2.24) is 10.0 Å². The third-order valence-electron chi connectivity index (χ3n) is 3.22. The maximum absolute atomic E-state index is 12.0. The number of furan rings is 1. The fourth-order valence-corrected chi connectivity index (χ4v) is 2.76. The molecule has 0 aromatic carbocycles. The van der Waals surface area contributed by atoms with Crippen LogP contribution in [0.5, 0.6) is 0 Å². The highest BCUT2D eigenvalue weighted by molar-refractivity contribution is 7.89. The normalized spacial score (nSPS) is 15.5. The Balaban J connectivity index is 1.73. The number of ether oxygens (including phenoxy) is 1. The largest absolute Gasteiger partial charge is 0.447 e. The van der Waals surface area contributed by atoms with Crippen molar-refractivity contribution in [3.8, 4) is 0 Å². The van der Waals surface area contributed by atoms with Crippen molar-refractivity contribution >= 4 is 10.0 Å². The van der Waals surface area contributed by atoms with Crippen molar-refractivity contribution in [2.45, 2.75) is 50.3 Å². The molecule has 1 aliphatic rings. The van der Waals surface area contributed by atoms with Gasteiger partial charge in [0.05, 0.1) is 13.2 Å². The van der Waals surface area contributed by atoms with E-state index in [1.807, 2.05) is 0 Å². The second-order valence-electron chi connectivity index (χ2n) is 5.24. The average Bonchev–Trinajstić information content (AvgIpc) is 3.16. The van der Waals surface area contributed by atoms with Gasteiger partial charge in [0.2, 0.25) is 5.09 Å². The number of hydrogen-bond donors (Lipinski definition) is 2. The molecule has 0 unspecified atom stereocenters. The highest BCUT2D eigenvalue weighted by atomic mass is 32.2. The van der Waals surface area contributed by atoms with Crippen LogP contribution in [0, 0.1) is 0 Å². The standard InChI is InChI=1S/C14H24N2O4S/c1-2-3-9-19-10-8-16-21(17,18)14-7-6-13(20-14)11-15-12-4-5-12/h6-7,12,15-16H,2-5,8-11H2,1H3. The van der Waals surface area contributed by atoms with Gasteiger partial charge in [0.15, 0.2) is 0 Å². The zero-order valence-electron chi connectivity index (χ0n) is 12.4. The Kier molecular flexibility index (Phi) is 6.22. The molecule has 120 valence electrons. The van der Waals surface area contributed by atoms with E-state index in [1.54, 1.807) is 6.07 Å². The summed E-state index contributed by atoms with van der Waals surface area (Å²) in [5.41, 5.74) is 0. The van der Waals surface area contributed by atoms with Crippen molar-refractivity contribution in [3.05, 3.63) is 17.9 Å². The molecule has 0 aliphatic heterocycles. The number of unbranched alkanes of at least 4 members (excludes halogenated alkanes) is 1. The van der Waals surface area contributed by atoms with Crippen molar-refractivity contribution in [2.24, 2.45) is 0 Å². The first-order valence-corrected chi connectivity index (χ1v) is 8.99. The van der Waals surface area contributed by atoms with Crippen LogP contribution in [0.4, 0.5) is 0 Å². The summed E-state index contributed by atoms with van der Waals surface area (Å²) in [7, 11) is -3.58. The zero-order chi connectivity index (χ0) is 15.1. The maximum Gasteiger partial charge on any atom is 0.274 e. The van der Waals surface area contributed by atoms with Gasteiger partial charge in [0.25, 0.3) is 10.0 Å². The second-order valence-corrected chi connectivity index (χ2v) is 6.94. The van der Waals surface area contributed by atoms with Crippen LogP contribution in [0.3, 0.4) is 0 Å². The summed E-state index contributed by atoms with van der Waals surface area (Å²) in [6.07, 6.45) is 4.43. The van der Waals surface area contributed by atoms with Crippen molar-refractivity contribution < 1.29 is 17.6 Å². The molecule has 1 aromatic rings. The summed E-state index contributed by atoms with van der Waals surface area (Å²) in [5.74, 6) is 0.640. The van der Waals surface area contributed by atoms with Crippen LogP contribution in [-0.4, -0.2) is 34.2 Å². The van der Waals surface area contributed by atoms with E-state index in [0.717, 1.165) is 12.8 Å². The summed E-state index contributed by atoms with van der Waals surface area (Å²) in [5, 5.41) is 3.24. The van der Waals surface area contributed by atoms with E-state index in [4.69, 9.17) is 9.15 Å².